The summed E-state index contributed by atoms with van der Waals surface area (Å²) < 4.78 is 0. The topological polar surface area (TPSA) is 69.6 Å². The van der Waals surface area contributed by atoms with Gasteiger partial charge in [0.1, 0.15) is 0 Å². The molecule has 2 atom stereocenters. The summed E-state index contributed by atoms with van der Waals surface area (Å²) in [6, 6.07) is -0.650. The van der Waals surface area contributed by atoms with E-state index in [1.807, 2.05) is 6.08 Å². The molecule has 2 unspecified atom stereocenters. The number of carbonyl (C=O) groups is 1. The van der Waals surface area contributed by atoms with Crippen LogP contribution in [-0.2, 0) is 4.79 Å². The van der Waals surface area contributed by atoms with Crippen LogP contribution in [0.4, 0.5) is 0 Å². The molecule has 0 rings (SSSR count). The Hall–Kier alpha value is -1.91. The summed E-state index contributed by atoms with van der Waals surface area (Å²) in [6.07, 6.45) is 73.7. The molecule has 0 fully saturated rings. The quantitative estimate of drug-likeness (QED) is 0.0422. The molecule has 1 amide bonds. The van der Waals surface area contributed by atoms with E-state index in [-0.39, 0.29) is 12.5 Å². The molecular formula is C57H105NO3. The molecule has 3 N–H and O–H groups in total. The van der Waals surface area contributed by atoms with Gasteiger partial charge in [-0.25, -0.2) is 0 Å². The van der Waals surface area contributed by atoms with Gasteiger partial charge in [-0.15, -0.1) is 0 Å². The third-order valence-electron chi connectivity index (χ3n) is 12.2. The van der Waals surface area contributed by atoms with Crippen LogP contribution in [0, 0.1) is 0 Å². The zero-order valence-corrected chi connectivity index (χ0v) is 40.9. The molecule has 0 aliphatic heterocycles. The van der Waals surface area contributed by atoms with Crippen molar-refractivity contribution in [2.45, 2.75) is 289 Å². The first kappa shape index (κ1) is 59.1. The van der Waals surface area contributed by atoms with E-state index in [2.05, 4.69) is 67.8 Å². The van der Waals surface area contributed by atoms with E-state index in [1.165, 1.54) is 199 Å². The van der Waals surface area contributed by atoms with Crippen LogP contribution in [-0.4, -0.2) is 34.9 Å². The normalized spacial score (nSPS) is 13.3. The van der Waals surface area contributed by atoms with E-state index < -0.39 is 12.1 Å². The number of aliphatic hydroxyl groups excluding tert-OH is 2. The number of allylic oxidation sites excluding steroid dienone is 9. The van der Waals surface area contributed by atoms with Crippen LogP contribution in [0.5, 0.6) is 0 Å². The third-order valence-corrected chi connectivity index (χ3v) is 12.2. The van der Waals surface area contributed by atoms with E-state index in [9.17, 15) is 15.0 Å². The monoisotopic (exact) mass is 852 g/mol. The SMILES string of the molecule is CCCCCCC/C=C\C/C=C\C/C=C\CCCCCCCCC(=O)NC(CO)C(O)/C=C/CC/C=C/CCCCCCCCCCCCCCCCCCCCCCCC. The molecule has 0 radical (unpaired) electrons. The van der Waals surface area contributed by atoms with Crippen molar-refractivity contribution in [2.75, 3.05) is 6.61 Å². The Balaban J connectivity index is 3.57. The summed E-state index contributed by atoms with van der Waals surface area (Å²) >= 11 is 0. The Bertz CT molecular complexity index is 1010. The van der Waals surface area contributed by atoms with Crippen LogP contribution in [0.25, 0.3) is 0 Å². The van der Waals surface area contributed by atoms with Gasteiger partial charge in [-0.2, -0.15) is 0 Å². The van der Waals surface area contributed by atoms with Gasteiger partial charge in [-0.1, -0.05) is 261 Å². The van der Waals surface area contributed by atoms with Crippen molar-refractivity contribution in [3.63, 3.8) is 0 Å². The molecular weight excluding hydrogens is 747 g/mol. The smallest absolute Gasteiger partial charge is 0.220 e. The van der Waals surface area contributed by atoms with Crippen molar-refractivity contribution in [3.8, 4) is 0 Å². The molecule has 0 aliphatic rings. The maximum atomic E-state index is 12.4. The largest absolute Gasteiger partial charge is 0.394 e. The number of aliphatic hydroxyl groups is 2. The Labute approximate surface area is 381 Å². The molecule has 0 aromatic rings. The van der Waals surface area contributed by atoms with Gasteiger partial charge in [0.25, 0.3) is 0 Å². The van der Waals surface area contributed by atoms with Crippen LogP contribution in [0.3, 0.4) is 0 Å². The molecule has 0 saturated carbocycles. The lowest BCUT2D eigenvalue weighted by molar-refractivity contribution is -0.123. The lowest BCUT2D eigenvalue weighted by Gasteiger charge is -2.19. The van der Waals surface area contributed by atoms with Gasteiger partial charge in [-0.3, -0.25) is 4.79 Å². The number of carbonyl (C=O) groups excluding carboxylic acids is 1. The maximum Gasteiger partial charge on any atom is 0.220 e. The van der Waals surface area contributed by atoms with Gasteiger partial charge >= 0.3 is 0 Å². The first-order valence-corrected chi connectivity index (χ1v) is 27.0. The van der Waals surface area contributed by atoms with Gasteiger partial charge in [0.15, 0.2) is 0 Å². The number of nitrogens with one attached hydrogen (secondary N) is 1. The Morgan fingerprint density at radius 3 is 1.07 bits per heavy atom. The van der Waals surface area contributed by atoms with Crippen molar-refractivity contribution in [1.82, 2.24) is 5.32 Å². The minimum Gasteiger partial charge on any atom is -0.394 e. The summed E-state index contributed by atoms with van der Waals surface area (Å²) in [6.45, 7) is 4.30. The van der Waals surface area contributed by atoms with E-state index in [1.54, 1.807) is 6.08 Å². The average molecular weight is 852 g/mol. The highest BCUT2D eigenvalue weighted by Gasteiger charge is 2.17. The first-order chi connectivity index (χ1) is 30.2. The third kappa shape index (κ3) is 49.0. The second kappa shape index (κ2) is 52.4. The maximum absolute atomic E-state index is 12.4. The van der Waals surface area contributed by atoms with Gasteiger partial charge in [0.2, 0.25) is 5.91 Å². The molecule has 0 spiro atoms. The highest BCUT2D eigenvalue weighted by Crippen LogP contribution is 2.16. The molecule has 0 heterocycles. The fourth-order valence-electron chi connectivity index (χ4n) is 8.09. The lowest BCUT2D eigenvalue weighted by Crippen LogP contribution is -2.45. The van der Waals surface area contributed by atoms with Crippen LogP contribution in [0.2, 0.25) is 0 Å². The minimum atomic E-state index is -0.871. The summed E-state index contributed by atoms with van der Waals surface area (Å²) in [4.78, 5) is 12.4. The van der Waals surface area contributed by atoms with E-state index in [4.69, 9.17) is 0 Å². The van der Waals surface area contributed by atoms with Crippen LogP contribution >= 0.6 is 0 Å². The van der Waals surface area contributed by atoms with E-state index >= 15 is 0 Å². The molecule has 0 bridgehead atoms. The van der Waals surface area contributed by atoms with Crippen LogP contribution < -0.4 is 5.32 Å². The predicted molar refractivity (Wildman–Crippen MR) is 271 cm³/mol. The zero-order valence-electron chi connectivity index (χ0n) is 40.9. The molecule has 4 nitrogen and oxygen atoms in total. The van der Waals surface area contributed by atoms with Crippen molar-refractivity contribution in [1.29, 1.82) is 0 Å². The van der Waals surface area contributed by atoms with E-state index in [0.717, 1.165) is 57.8 Å². The van der Waals surface area contributed by atoms with Gasteiger partial charge in [0, 0.05) is 6.42 Å². The number of unbranched alkanes of at least 4 members (excludes halogenated alkanes) is 34. The predicted octanol–water partition coefficient (Wildman–Crippen LogP) is 17.6. The van der Waals surface area contributed by atoms with Crippen LogP contribution in [0.1, 0.15) is 277 Å². The number of hydrogen-bond donors (Lipinski definition) is 3. The Morgan fingerprint density at radius 1 is 0.393 bits per heavy atom. The standard InChI is InChI=1S/C57H105NO3/c1-3-5-7-9-11-13-15-17-19-21-23-25-26-27-28-29-30-31-33-34-36-38-40-42-44-46-48-50-52-56(60)55(54-59)58-57(61)53-51-49-47-45-43-41-39-37-35-32-24-22-20-18-16-14-12-10-8-6-4-2/h16,18,22,24,35,37,42,44,50,52,55-56,59-60H,3-15,17,19-21,23,25-34,36,38-41,43,45-49,51,53-54H2,1-2H3,(H,58,61)/b18-16-,24-22-,37-35-,44-42+,52-50+. The van der Waals surface area contributed by atoms with Crippen molar-refractivity contribution >= 4 is 5.91 Å². The number of hydrogen-bond acceptors (Lipinski definition) is 3. The zero-order chi connectivity index (χ0) is 44.2. The highest BCUT2D eigenvalue weighted by molar-refractivity contribution is 5.76. The van der Waals surface area contributed by atoms with E-state index in [0.29, 0.717) is 6.42 Å². The molecule has 4 heteroatoms. The molecule has 0 saturated heterocycles. The van der Waals surface area contributed by atoms with Crippen molar-refractivity contribution in [3.05, 3.63) is 60.8 Å². The number of rotatable bonds is 49. The molecule has 0 aromatic carbocycles. The summed E-state index contributed by atoms with van der Waals surface area (Å²) in [5.74, 6) is -0.0853. The Kier molecular flexibility index (Phi) is 50.8. The highest BCUT2D eigenvalue weighted by atomic mass is 16.3. The lowest BCUT2D eigenvalue weighted by atomic mass is 10.0. The molecule has 356 valence electrons. The van der Waals surface area contributed by atoms with Crippen LogP contribution in [0.15, 0.2) is 60.8 Å². The summed E-state index contributed by atoms with van der Waals surface area (Å²) in [5, 5.41) is 23.1. The van der Waals surface area contributed by atoms with Crippen molar-refractivity contribution in [2.24, 2.45) is 0 Å². The number of amides is 1. The molecule has 61 heavy (non-hydrogen) atoms. The summed E-state index contributed by atoms with van der Waals surface area (Å²) in [7, 11) is 0. The van der Waals surface area contributed by atoms with Crippen molar-refractivity contribution < 1.29 is 15.0 Å². The Morgan fingerprint density at radius 2 is 0.689 bits per heavy atom. The molecule has 0 aliphatic carbocycles. The first-order valence-electron chi connectivity index (χ1n) is 27.0. The second-order valence-corrected chi connectivity index (χ2v) is 18.3. The minimum absolute atomic E-state index is 0.0853. The fraction of sp³-hybridized carbons (Fsp3) is 0.807. The summed E-state index contributed by atoms with van der Waals surface area (Å²) in [5.41, 5.74) is 0. The second-order valence-electron chi connectivity index (χ2n) is 18.3. The van der Waals surface area contributed by atoms with Gasteiger partial charge in [-0.05, 0) is 70.6 Å². The fourth-order valence-corrected chi connectivity index (χ4v) is 8.09. The average Bonchev–Trinajstić information content (AvgIpc) is 3.26. The van der Waals surface area contributed by atoms with Gasteiger partial charge < -0.3 is 15.5 Å². The van der Waals surface area contributed by atoms with Gasteiger partial charge in [0.05, 0.1) is 18.8 Å². The molecule has 0 aromatic heterocycles.